The lowest BCUT2D eigenvalue weighted by Crippen LogP contribution is -2.40. The maximum atomic E-state index is 9.54. The molecule has 0 saturated carbocycles. The predicted molar refractivity (Wildman–Crippen MR) is 109 cm³/mol. The average molecular weight is 365 g/mol. The lowest BCUT2D eigenvalue weighted by atomic mass is 10.1. The van der Waals surface area contributed by atoms with E-state index in [2.05, 4.69) is 23.3 Å². The maximum absolute atomic E-state index is 9.54. The number of hydrogen-bond acceptors (Lipinski definition) is 7. The molecule has 0 atom stereocenters. The summed E-state index contributed by atoms with van der Waals surface area (Å²) < 4.78 is 4.67. The van der Waals surface area contributed by atoms with Gasteiger partial charge in [0.15, 0.2) is 0 Å². The molecule has 0 aromatic carbocycles. The average Bonchev–Trinajstić information content (AvgIpc) is 2.43. The topological polar surface area (TPSA) is 71.4 Å². The molecule has 0 unspecified atom stereocenters. The zero-order valence-electron chi connectivity index (χ0n) is 17.6. The van der Waals surface area contributed by atoms with Gasteiger partial charge in [-0.2, -0.15) is 0 Å². The van der Waals surface area contributed by atoms with Gasteiger partial charge in [-0.15, -0.1) is 0 Å². The summed E-state index contributed by atoms with van der Waals surface area (Å²) in [6.07, 6.45) is 0. The van der Waals surface area contributed by atoms with Crippen molar-refractivity contribution in [2.45, 2.75) is 46.3 Å². The van der Waals surface area contributed by atoms with Crippen molar-refractivity contribution in [3.63, 3.8) is 0 Å². The Morgan fingerprint density at radius 3 is 1.28 bits per heavy atom. The van der Waals surface area contributed by atoms with Crippen LogP contribution < -0.4 is 5.43 Å². The summed E-state index contributed by atoms with van der Waals surface area (Å²) in [5, 5.41) is 24.1. The predicted octanol–water partition coefficient (Wildman–Crippen LogP) is 1.92. The first kappa shape index (κ1) is 31.6. The molecule has 3 N–H and O–H groups in total. The van der Waals surface area contributed by atoms with Gasteiger partial charge < -0.3 is 20.0 Å². The number of nitrogens with zero attached hydrogens (tertiary/aromatic N) is 3. The molecule has 0 aromatic heterocycles. The van der Waals surface area contributed by atoms with Gasteiger partial charge >= 0.3 is 0 Å². The summed E-state index contributed by atoms with van der Waals surface area (Å²) in [5.41, 5.74) is 1.79. The normalized spacial score (nSPS) is 10.7. The highest BCUT2D eigenvalue weighted by Crippen LogP contribution is 2.16. The molecule has 0 bridgehead atoms. The van der Waals surface area contributed by atoms with Gasteiger partial charge in [0.25, 0.3) is 0 Å². The van der Waals surface area contributed by atoms with Crippen LogP contribution in [0.2, 0.25) is 0 Å². The highest BCUT2D eigenvalue weighted by molar-refractivity contribution is 5.05. The lowest BCUT2D eigenvalue weighted by Gasteiger charge is -2.34. The number of hydrazine groups is 2. The SMILES string of the molecule is C.C=C(N(C)N(C)C)C(C)(C)O.C=C(OC)C(C)(C)O.CNN(C)C. The minimum Gasteiger partial charge on any atom is -0.499 e. The lowest BCUT2D eigenvalue weighted by molar-refractivity contribution is 0.0187. The third kappa shape index (κ3) is 19.1. The van der Waals surface area contributed by atoms with Gasteiger partial charge in [-0.3, -0.25) is 10.4 Å². The quantitative estimate of drug-likeness (QED) is 0.491. The molecular formula is C18H44N4O3. The molecule has 0 aromatic rings. The number of hydrogen-bond donors (Lipinski definition) is 3. The van der Waals surface area contributed by atoms with Crippen LogP contribution in [0.4, 0.5) is 0 Å². The molecule has 0 aliphatic carbocycles. The van der Waals surface area contributed by atoms with E-state index in [1.54, 1.807) is 32.7 Å². The summed E-state index contributed by atoms with van der Waals surface area (Å²) in [5.74, 6) is 0.387. The van der Waals surface area contributed by atoms with E-state index < -0.39 is 11.2 Å². The Labute approximate surface area is 156 Å². The maximum Gasteiger partial charge on any atom is 0.119 e. The van der Waals surface area contributed by atoms with Crippen molar-refractivity contribution in [2.75, 3.05) is 49.4 Å². The van der Waals surface area contributed by atoms with Crippen LogP contribution >= 0.6 is 0 Å². The molecule has 7 heteroatoms. The van der Waals surface area contributed by atoms with Gasteiger partial charge in [-0.25, -0.2) is 5.01 Å². The monoisotopic (exact) mass is 364 g/mol. The van der Waals surface area contributed by atoms with Crippen molar-refractivity contribution in [1.29, 1.82) is 0 Å². The largest absolute Gasteiger partial charge is 0.499 e. The van der Waals surface area contributed by atoms with E-state index in [1.165, 1.54) is 7.11 Å². The molecule has 0 heterocycles. The van der Waals surface area contributed by atoms with E-state index >= 15 is 0 Å². The Kier molecular flexibility index (Phi) is 17.8. The molecule has 7 nitrogen and oxygen atoms in total. The first-order chi connectivity index (χ1) is 10.5. The van der Waals surface area contributed by atoms with E-state index in [4.69, 9.17) is 5.11 Å². The zero-order valence-corrected chi connectivity index (χ0v) is 17.6. The highest BCUT2D eigenvalue weighted by atomic mass is 16.5. The summed E-state index contributed by atoms with van der Waals surface area (Å²) in [4.78, 5) is 0. The van der Waals surface area contributed by atoms with Gasteiger partial charge in [-0.1, -0.05) is 20.6 Å². The highest BCUT2D eigenvalue weighted by Gasteiger charge is 2.21. The van der Waals surface area contributed by atoms with Crippen molar-refractivity contribution in [3.8, 4) is 0 Å². The van der Waals surface area contributed by atoms with Crippen LogP contribution in [0.15, 0.2) is 24.6 Å². The first-order valence-electron chi connectivity index (χ1n) is 7.65. The Morgan fingerprint density at radius 2 is 1.24 bits per heavy atom. The summed E-state index contributed by atoms with van der Waals surface area (Å²) in [6, 6.07) is 0. The van der Waals surface area contributed by atoms with Gasteiger partial charge in [0, 0.05) is 35.2 Å². The van der Waals surface area contributed by atoms with Crippen molar-refractivity contribution in [1.82, 2.24) is 20.5 Å². The fraction of sp³-hybridized carbons (Fsp3) is 0.778. The van der Waals surface area contributed by atoms with E-state index in [0.717, 1.165) is 0 Å². The molecule has 0 saturated heterocycles. The van der Waals surface area contributed by atoms with Gasteiger partial charge in [0.2, 0.25) is 0 Å². The Morgan fingerprint density at radius 1 is 0.920 bits per heavy atom. The van der Waals surface area contributed by atoms with Crippen LogP contribution in [-0.2, 0) is 4.74 Å². The van der Waals surface area contributed by atoms with Gasteiger partial charge in [0.1, 0.15) is 11.4 Å². The van der Waals surface area contributed by atoms with Gasteiger partial charge in [-0.05, 0) is 34.7 Å². The van der Waals surface area contributed by atoms with Crippen molar-refractivity contribution < 1.29 is 14.9 Å². The molecule has 0 fully saturated rings. The minimum atomic E-state index is -0.908. The van der Waals surface area contributed by atoms with Crippen molar-refractivity contribution in [3.05, 3.63) is 24.6 Å². The number of rotatable bonds is 6. The zero-order chi connectivity index (χ0) is 20.3. The summed E-state index contributed by atoms with van der Waals surface area (Å²) >= 11 is 0. The summed E-state index contributed by atoms with van der Waals surface area (Å²) in [7, 11) is 12.9. The van der Waals surface area contributed by atoms with Crippen LogP contribution in [0.1, 0.15) is 35.1 Å². The van der Waals surface area contributed by atoms with E-state index in [9.17, 15) is 5.11 Å². The smallest absolute Gasteiger partial charge is 0.119 e. The van der Waals surface area contributed by atoms with Crippen LogP contribution in [0.5, 0.6) is 0 Å². The van der Waals surface area contributed by atoms with Crippen molar-refractivity contribution >= 4 is 0 Å². The number of methoxy groups -OCH3 is 1. The molecule has 0 aliphatic rings. The van der Waals surface area contributed by atoms with Crippen LogP contribution in [0, 0.1) is 0 Å². The Balaban J connectivity index is -0.000000139. The van der Waals surface area contributed by atoms with Crippen LogP contribution in [0.3, 0.4) is 0 Å². The first-order valence-corrected chi connectivity index (χ1v) is 7.65. The molecule has 0 spiro atoms. The third-order valence-corrected chi connectivity index (χ3v) is 3.07. The fourth-order valence-corrected chi connectivity index (χ4v) is 0.887. The van der Waals surface area contributed by atoms with E-state index in [0.29, 0.717) is 11.5 Å². The molecular weight excluding hydrogens is 320 g/mol. The molecule has 154 valence electrons. The minimum absolute atomic E-state index is 0. The number of ether oxygens (including phenoxy) is 1. The second kappa shape index (κ2) is 14.1. The molecule has 25 heavy (non-hydrogen) atoms. The molecule has 0 aliphatic heterocycles. The van der Waals surface area contributed by atoms with Crippen molar-refractivity contribution in [2.24, 2.45) is 0 Å². The Hall–Kier alpha value is -1.12. The Bertz CT molecular complexity index is 356. The molecule has 0 amide bonds. The van der Waals surface area contributed by atoms with Crippen LogP contribution in [0.25, 0.3) is 0 Å². The molecule has 0 rings (SSSR count). The van der Waals surface area contributed by atoms with Crippen LogP contribution in [-0.4, -0.2) is 85.8 Å². The summed E-state index contributed by atoms with van der Waals surface area (Å²) in [6.45, 7) is 13.9. The number of likely N-dealkylation sites (N-methyl/N-ethyl adjacent to an activating group) is 1. The second-order valence-electron chi connectivity index (χ2n) is 6.68. The fourth-order valence-electron chi connectivity index (χ4n) is 0.887. The number of nitrogens with one attached hydrogen (secondary N) is 1. The molecule has 0 radical (unpaired) electrons. The van der Waals surface area contributed by atoms with Gasteiger partial charge in [0.05, 0.1) is 18.4 Å². The number of aliphatic hydroxyl groups is 2. The second-order valence-corrected chi connectivity index (χ2v) is 6.68. The van der Waals surface area contributed by atoms with E-state index in [-0.39, 0.29) is 7.43 Å². The third-order valence-electron chi connectivity index (χ3n) is 3.07. The standard InChI is InChI=1S/C8H18N2O.C6H12O2.C3H10N2.CH4/c1-7(8(2,3)11)10(6)9(4)5;1-5(8-4)6(2,3)7;1-4-5(2)3;/h11H,1H2,2-6H3;7H,1H2,2-4H3;4H,1-3H3;1H4. The van der Waals surface area contributed by atoms with E-state index in [1.807, 2.05) is 52.3 Å².